The van der Waals surface area contributed by atoms with Crippen molar-refractivity contribution in [3.63, 3.8) is 0 Å². The second-order valence-corrected chi connectivity index (χ2v) is 5.19. The topological polar surface area (TPSA) is 38.2 Å². The van der Waals surface area contributed by atoms with Crippen molar-refractivity contribution < 1.29 is 4.74 Å². The van der Waals surface area contributed by atoms with E-state index in [1.807, 2.05) is 0 Å². The Morgan fingerprint density at radius 1 is 1.44 bits per heavy atom. The molecule has 0 saturated carbocycles. The molecule has 0 saturated heterocycles. The van der Waals surface area contributed by atoms with E-state index in [-0.39, 0.29) is 0 Å². The molecule has 0 spiro atoms. The first-order chi connectivity index (χ1) is 8.63. The van der Waals surface area contributed by atoms with Gasteiger partial charge in [0.15, 0.2) is 0 Å². The minimum absolute atomic E-state index is 0.433. The molecule has 0 amide bonds. The highest BCUT2D eigenvalue weighted by atomic mass is 79.9. The number of methoxy groups -OCH3 is 1. The maximum absolute atomic E-state index is 5.23. The lowest BCUT2D eigenvalue weighted by atomic mass is 10.2. The first-order valence-corrected chi connectivity index (χ1v) is 7.26. The van der Waals surface area contributed by atoms with E-state index in [9.17, 15) is 0 Å². The van der Waals surface area contributed by atoms with Crippen LogP contribution in [0.25, 0.3) is 0 Å². The van der Waals surface area contributed by atoms with Crippen molar-refractivity contribution in [2.75, 3.05) is 18.6 Å². The second kappa shape index (κ2) is 7.56. The fourth-order valence-electron chi connectivity index (χ4n) is 1.69. The average Bonchev–Trinajstić information content (AvgIpc) is 2.40. The number of nitrogens with zero attached hydrogens (tertiary/aromatic N) is 3. The van der Waals surface area contributed by atoms with Gasteiger partial charge in [-0.2, -0.15) is 4.98 Å². The number of rotatable bonds is 7. The molecule has 1 aromatic heterocycles. The molecule has 0 bridgehead atoms. The van der Waals surface area contributed by atoms with Crippen LogP contribution in [0.3, 0.4) is 0 Å². The van der Waals surface area contributed by atoms with E-state index in [0.29, 0.717) is 11.9 Å². The summed E-state index contributed by atoms with van der Waals surface area (Å²) >= 11 is 3.38. The molecule has 0 aliphatic carbocycles. The van der Waals surface area contributed by atoms with Crippen LogP contribution in [0.15, 0.2) is 10.7 Å². The Labute approximate surface area is 118 Å². The number of ether oxygens (including phenoxy) is 1. The molecule has 0 N–H and O–H groups in total. The summed E-state index contributed by atoms with van der Waals surface area (Å²) < 4.78 is 6.01. The summed E-state index contributed by atoms with van der Waals surface area (Å²) in [6.07, 6.45) is 5.14. The molecule has 1 unspecified atom stereocenters. The Morgan fingerprint density at radius 3 is 2.72 bits per heavy atom. The summed E-state index contributed by atoms with van der Waals surface area (Å²) in [6.45, 7) is 7.56. The monoisotopic (exact) mass is 315 g/mol. The number of aromatic nitrogens is 2. The summed E-state index contributed by atoms with van der Waals surface area (Å²) in [5, 5.41) is 0. The first-order valence-electron chi connectivity index (χ1n) is 6.47. The standard InChI is InChI=1S/C13H22BrN3O/c1-5-7-8-17(10(3)6-2)13-15-9-11(14)12(16-13)18-4/h9-10H,5-8H2,1-4H3. The van der Waals surface area contributed by atoms with Crippen molar-refractivity contribution in [2.24, 2.45) is 0 Å². The largest absolute Gasteiger partial charge is 0.480 e. The summed E-state index contributed by atoms with van der Waals surface area (Å²) in [5.74, 6) is 1.34. The van der Waals surface area contributed by atoms with Gasteiger partial charge in [-0.05, 0) is 35.7 Å². The summed E-state index contributed by atoms with van der Waals surface area (Å²) in [5.41, 5.74) is 0. The van der Waals surface area contributed by atoms with E-state index < -0.39 is 0 Å². The molecule has 1 rings (SSSR count). The van der Waals surface area contributed by atoms with Crippen LogP contribution in [0.2, 0.25) is 0 Å². The van der Waals surface area contributed by atoms with E-state index >= 15 is 0 Å². The first kappa shape index (κ1) is 15.2. The zero-order chi connectivity index (χ0) is 13.5. The van der Waals surface area contributed by atoms with Crippen molar-refractivity contribution in [1.82, 2.24) is 9.97 Å². The number of hydrogen-bond donors (Lipinski definition) is 0. The van der Waals surface area contributed by atoms with E-state index in [1.165, 1.54) is 6.42 Å². The van der Waals surface area contributed by atoms with Gasteiger partial charge in [0.1, 0.15) is 0 Å². The van der Waals surface area contributed by atoms with Crippen molar-refractivity contribution in [3.05, 3.63) is 10.7 Å². The van der Waals surface area contributed by atoms with E-state index in [0.717, 1.165) is 29.8 Å². The lowest BCUT2D eigenvalue weighted by Crippen LogP contribution is -2.35. The summed E-state index contributed by atoms with van der Waals surface area (Å²) in [6, 6.07) is 0.433. The molecule has 4 nitrogen and oxygen atoms in total. The molecule has 18 heavy (non-hydrogen) atoms. The summed E-state index contributed by atoms with van der Waals surface area (Å²) in [4.78, 5) is 11.1. The molecule has 5 heteroatoms. The molecule has 0 aliphatic heterocycles. The van der Waals surface area contributed by atoms with Crippen LogP contribution in [-0.4, -0.2) is 29.7 Å². The Bertz CT molecular complexity index is 373. The van der Waals surface area contributed by atoms with Gasteiger partial charge in [-0.1, -0.05) is 20.3 Å². The highest BCUT2D eigenvalue weighted by Gasteiger charge is 2.16. The van der Waals surface area contributed by atoms with Crippen LogP contribution in [-0.2, 0) is 0 Å². The van der Waals surface area contributed by atoms with Gasteiger partial charge in [0.25, 0.3) is 0 Å². The molecule has 0 aromatic carbocycles. The fraction of sp³-hybridized carbons (Fsp3) is 0.692. The van der Waals surface area contributed by atoms with Crippen LogP contribution in [0.5, 0.6) is 5.88 Å². The fourth-order valence-corrected chi connectivity index (χ4v) is 2.04. The third-order valence-electron chi connectivity index (χ3n) is 3.02. The zero-order valence-corrected chi connectivity index (χ0v) is 13.2. The SMILES string of the molecule is CCCCN(c1ncc(Br)c(OC)n1)C(C)CC. The van der Waals surface area contributed by atoms with Crippen LogP contribution < -0.4 is 9.64 Å². The number of unbranched alkanes of at least 4 members (excludes halogenated alkanes) is 1. The Morgan fingerprint density at radius 2 is 2.17 bits per heavy atom. The van der Waals surface area contributed by atoms with Crippen molar-refractivity contribution in [1.29, 1.82) is 0 Å². The minimum Gasteiger partial charge on any atom is -0.480 e. The molecular weight excluding hydrogens is 294 g/mol. The minimum atomic E-state index is 0.433. The third kappa shape index (κ3) is 3.83. The van der Waals surface area contributed by atoms with E-state index in [4.69, 9.17) is 4.74 Å². The normalized spacial score (nSPS) is 12.3. The van der Waals surface area contributed by atoms with Crippen LogP contribution in [0.1, 0.15) is 40.0 Å². The number of hydrogen-bond acceptors (Lipinski definition) is 4. The summed E-state index contributed by atoms with van der Waals surface area (Å²) in [7, 11) is 1.62. The lowest BCUT2D eigenvalue weighted by molar-refractivity contribution is 0.393. The second-order valence-electron chi connectivity index (χ2n) is 4.33. The highest BCUT2D eigenvalue weighted by molar-refractivity contribution is 9.10. The molecule has 0 radical (unpaired) electrons. The Kier molecular flexibility index (Phi) is 6.39. The molecule has 102 valence electrons. The van der Waals surface area contributed by atoms with Gasteiger partial charge in [0.2, 0.25) is 11.8 Å². The van der Waals surface area contributed by atoms with Gasteiger partial charge in [-0.25, -0.2) is 4.98 Å². The van der Waals surface area contributed by atoms with Gasteiger partial charge >= 0.3 is 0 Å². The average molecular weight is 316 g/mol. The van der Waals surface area contributed by atoms with Gasteiger partial charge in [-0.3, -0.25) is 0 Å². The molecule has 1 aromatic rings. The maximum atomic E-state index is 5.23. The third-order valence-corrected chi connectivity index (χ3v) is 3.57. The van der Waals surface area contributed by atoms with Crippen LogP contribution >= 0.6 is 15.9 Å². The Balaban J connectivity index is 2.96. The van der Waals surface area contributed by atoms with Crippen molar-refractivity contribution >= 4 is 21.9 Å². The van der Waals surface area contributed by atoms with Gasteiger partial charge in [0, 0.05) is 12.6 Å². The maximum Gasteiger partial charge on any atom is 0.232 e. The number of halogens is 1. The molecule has 1 atom stereocenters. The van der Waals surface area contributed by atoms with Gasteiger partial charge < -0.3 is 9.64 Å². The van der Waals surface area contributed by atoms with E-state index in [2.05, 4.69) is 51.6 Å². The number of anilines is 1. The Hall–Kier alpha value is -0.840. The highest BCUT2D eigenvalue weighted by Crippen LogP contribution is 2.24. The molecule has 0 aliphatic rings. The quantitative estimate of drug-likeness (QED) is 0.769. The predicted molar refractivity (Wildman–Crippen MR) is 78.3 cm³/mol. The lowest BCUT2D eigenvalue weighted by Gasteiger charge is -2.28. The molecule has 1 heterocycles. The predicted octanol–water partition coefficient (Wildman–Crippen LogP) is 3.65. The van der Waals surface area contributed by atoms with Gasteiger partial charge in [0.05, 0.1) is 17.8 Å². The van der Waals surface area contributed by atoms with Gasteiger partial charge in [-0.15, -0.1) is 0 Å². The molecular formula is C13H22BrN3O. The molecule has 0 fully saturated rings. The smallest absolute Gasteiger partial charge is 0.232 e. The van der Waals surface area contributed by atoms with E-state index in [1.54, 1.807) is 13.3 Å². The van der Waals surface area contributed by atoms with Crippen LogP contribution in [0, 0.1) is 0 Å². The zero-order valence-electron chi connectivity index (χ0n) is 11.6. The van der Waals surface area contributed by atoms with Crippen molar-refractivity contribution in [2.45, 2.75) is 46.1 Å². The van der Waals surface area contributed by atoms with Crippen molar-refractivity contribution in [3.8, 4) is 5.88 Å². The van der Waals surface area contributed by atoms with Crippen LogP contribution in [0.4, 0.5) is 5.95 Å².